The van der Waals surface area contributed by atoms with Crippen molar-refractivity contribution in [2.75, 3.05) is 6.61 Å². The van der Waals surface area contributed by atoms with E-state index in [2.05, 4.69) is 0 Å². The third-order valence-electron chi connectivity index (χ3n) is 2.54. The summed E-state index contributed by atoms with van der Waals surface area (Å²) < 4.78 is 5.48. The second-order valence-electron chi connectivity index (χ2n) is 4.69. The number of carbonyl (C=O) groups is 1. The molecule has 0 aliphatic carbocycles. The fourth-order valence-electron chi connectivity index (χ4n) is 1.28. The number of carboxylic acid groups (broad SMARTS) is 1. The summed E-state index contributed by atoms with van der Waals surface area (Å²) in [5.41, 5.74) is -0.292. The number of aliphatic carboxylic acids is 1. The molecule has 0 saturated heterocycles. The summed E-state index contributed by atoms with van der Waals surface area (Å²) in [5, 5.41) is 18.5. The Kier molecular flexibility index (Phi) is 4.12. The molecule has 0 aliphatic rings. The molecule has 1 atom stereocenters. The van der Waals surface area contributed by atoms with Crippen LogP contribution in [0.1, 0.15) is 32.4 Å². The molecule has 1 aromatic carbocycles. The quantitative estimate of drug-likeness (QED) is 0.825. The highest BCUT2D eigenvalue weighted by Crippen LogP contribution is 2.26. The summed E-state index contributed by atoms with van der Waals surface area (Å²) >= 11 is 0. The molecule has 4 nitrogen and oxygen atoms in total. The van der Waals surface area contributed by atoms with E-state index in [4.69, 9.17) is 9.84 Å². The Morgan fingerprint density at radius 3 is 2.53 bits per heavy atom. The first-order valence-electron chi connectivity index (χ1n) is 5.48. The molecule has 0 saturated carbocycles. The molecule has 17 heavy (non-hydrogen) atoms. The van der Waals surface area contributed by atoms with Gasteiger partial charge >= 0.3 is 5.97 Å². The second-order valence-corrected chi connectivity index (χ2v) is 4.69. The van der Waals surface area contributed by atoms with Gasteiger partial charge in [-0.2, -0.15) is 0 Å². The van der Waals surface area contributed by atoms with Crippen molar-refractivity contribution in [3.8, 4) is 5.75 Å². The average molecular weight is 238 g/mol. The molecule has 0 heterocycles. The topological polar surface area (TPSA) is 66.8 Å². The smallest absolute Gasteiger partial charge is 0.312 e. The van der Waals surface area contributed by atoms with Crippen molar-refractivity contribution in [2.45, 2.75) is 26.9 Å². The lowest BCUT2D eigenvalue weighted by Crippen LogP contribution is -2.30. The number of hydrogen-bond donors (Lipinski definition) is 2. The van der Waals surface area contributed by atoms with Crippen molar-refractivity contribution in [1.29, 1.82) is 0 Å². The zero-order valence-corrected chi connectivity index (χ0v) is 10.3. The minimum atomic E-state index is -0.953. The van der Waals surface area contributed by atoms with Gasteiger partial charge in [-0.25, -0.2) is 0 Å². The van der Waals surface area contributed by atoms with E-state index in [9.17, 15) is 9.90 Å². The molecule has 0 fully saturated rings. The zero-order valence-electron chi connectivity index (χ0n) is 10.3. The Balaban J connectivity index is 2.79. The van der Waals surface area contributed by atoms with E-state index < -0.39 is 17.5 Å². The normalized spacial score (nSPS) is 13.2. The lowest BCUT2D eigenvalue weighted by atomic mass is 9.95. The Labute approximate surface area is 101 Å². The first-order valence-corrected chi connectivity index (χ1v) is 5.48. The van der Waals surface area contributed by atoms with Crippen LogP contribution in [-0.2, 0) is 4.79 Å². The van der Waals surface area contributed by atoms with E-state index >= 15 is 0 Å². The summed E-state index contributed by atoms with van der Waals surface area (Å²) in [7, 11) is 0. The van der Waals surface area contributed by atoms with Gasteiger partial charge < -0.3 is 14.9 Å². The predicted molar refractivity (Wildman–Crippen MR) is 64.0 cm³/mol. The maximum Gasteiger partial charge on any atom is 0.312 e. The molecule has 2 N–H and O–H groups in total. The van der Waals surface area contributed by atoms with Crippen molar-refractivity contribution in [3.05, 3.63) is 29.8 Å². The average Bonchev–Trinajstić information content (AvgIpc) is 2.26. The summed E-state index contributed by atoms with van der Waals surface area (Å²) in [6.45, 7) is 4.90. The fraction of sp³-hybridized carbons (Fsp3) is 0.462. The van der Waals surface area contributed by atoms with Crippen molar-refractivity contribution in [3.63, 3.8) is 0 Å². The van der Waals surface area contributed by atoms with Gasteiger partial charge in [-0.1, -0.05) is 18.2 Å². The third-order valence-corrected chi connectivity index (χ3v) is 2.54. The van der Waals surface area contributed by atoms with Gasteiger partial charge in [-0.05, 0) is 26.8 Å². The maximum absolute atomic E-state index is 10.9. The van der Waals surface area contributed by atoms with Gasteiger partial charge in [0, 0.05) is 5.56 Å². The van der Waals surface area contributed by atoms with Crippen LogP contribution in [0.15, 0.2) is 24.3 Å². The molecular weight excluding hydrogens is 220 g/mol. The fourth-order valence-corrected chi connectivity index (χ4v) is 1.28. The summed E-state index contributed by atoms with van der Waals surface area (Å²) in [4.78, 5) is 10.9. The van der Waals surface area contributed by atoms with Crippen LogP contribution >= 0.6 is 0 Å². The van der Waals surface area contributed by atoms with Crippen LogP contribution in [0.3, 0.4) is 0 Å². The van der Waals surface area contributed by atoms with E-state index in [1.807, 2.05) is 0 Å². The third kappa shape index (κ3) is 3.46. The standard InChI is InChI=1S/C13H18O4/c1-9(14)10-6-4-5-7-11(10)17-8-13(2,3)12(15)16/h4-7,9,14H,8H2,1-3H3,(H,15,16). The van der Waals surface area contributed by atoms with E-state index in [1.54, 1.807) is 45.0 Å². The predicted octanol–water partition coefficient (Wildman–Crippen LogP) is 2.23. The lowest BCUT2D eigenvalue weighted by molar-refractivity contribution is -0.148. The van der Waals surface area contributed by atoms with Crippen molar-refractivity contribution < 1.29 is 19.7 Å². The molecule has 1 unspecified atom stereocenters. The maximum atomic E-state index is 10.9. The molecule has 0 aliphatic heterocycles. The van der Waals surface area contributed by atoms with Crippen molar-refractivity contribution >= 4 is 5.97 Å². The van der Waals surface area contributed by atoms with Gasteiger partial charge in [0.05, 0.1) is 11.5 Å². The lowest BCUT2D eigenvalue weighted by Gasteiger charge is -2.21. The Hall–Kier alpha value is -1.55. The van der Waals surface area contributed by atoms with Gasteiger partial charge in [0.25, 0.3) is 0 Å². The number of para-hydroxylation sites is 1. The Morgan fingerprint density at radius 1 is 1.41 bits per heavy atom. The number of rotatable bonds is 5. The van der Waals surface area contributed by atoms with E-state index in [0.717, 1.165) is 0 Å². The number of benzene rings is 1. The van der Waals surface area contributed by atoms with Gasteiger partial charge in [0.15, 0.2) is 0 Å². The zero-order chi connectivity index (χ0) is 13.1. The summed E-state index contributed by atoms with van der Waals surface area (Å²) in [6, 6.07) is 7.07. The molecule has 1 rings (SSSR count). The molecule has 0 aromatic heterocycles. The minimum Gasteiger partial charge on any atom is -0.492 e. The molecule has 94 valence electrons. The molecule has 1 aromatic rings. The van der Waals surface area contributed by atoms with Crippen molar-refractivity contribution in [2.24, 2.45) is 5.41 Å². The number of carboxylic acids is 1. The van der Waals surface area contributed by atoms with Crippen LogP contribution in [0.2, 0.25) is 0 Å². The number of aliphatic hydroxyl groups excluding tert-OH is 1. The highest BCUT2D eigenvalue weighted by atomic mass is 16.5. The van der Waals surface area contributed by atoms with Gasteiger partial charge in [-0.15, -0.1) is 0 Å². The Bertz CT molecular complexity index is 396. The largest absolute Gasteiger partial charge is 0.492 e. The molecular formula is C13H18O4. The highest BCUT2D eigenvalue weighted by molar-refractivity contribution is 5.73. The first-order chi connectivity index (χ1) is 7.84. The van der Waals surface area contributed by atoms with E-state index in [-0.39, 0.29) is 6.61 Å². The van der Waals surface area contributed by atoms with Gasteiger partial charge in [-0.3, -0.25) is 4.79 Å². The van der Waals surface area contributed by atoms with Crippen LogP contribution < -0.4 is 4.74 Å². The first kappa shape index (κ1) is 13.5. The minimum absolute atomic E-state index is 0.0616. The number of ether oxygens (including phenoxy) is 1. The Morgan fingerprint density at radius 2 is 2.00 bits per heavy atom. The van der Waals surface area contributed by atoms with Crippen LogP contribution in [0, 0.1) is 5.41 Å². The summed E-state index contributed by atoms with van der Waals surface area (Å²) in [5.74, 6) is -0.385. The number of aliphatic hydroxyl groups is 1. The molecule has 0 bridgehead atoms. The van der Waals surface area contributed by atoms with Crippen LogP contribution in [0.25, 0.3) is 0 Å². The molecule has 4 heteroatoms. The molecule has 0 spiro atoms. The van der Waals surface area contributed by atoms with Gasteiger partial charge in [0.1, 0.15) is 12.4 Å². The summed E-state index contributed by atoms with van der Waals surface area (Å²) in [6.07, 6.45) is -0.640. The van der Waals surface area contributed by atoms with Crippen LogP contribution in [0.4, 0.5) is 0 Å². The SMILES string of the molecule is CC(O)c1ccccc1OCC(C)(C)C(=O)O. The molecule has 0 amide bonds. The monoisotopic (exact) mass is 238 g/mol. The molecule has 0 radical (unpaired) electrons. The number of hydrogen-bond acceptors (Lipinski definition) is 3. The van der Waals surface area contributed by atoms with E-state index in [1.165, 1.54) is 0 Å². The van der Waals surface area contributed by atoms with Crippen LogP contribution in [0.5, 0.6) is 5.75 Å². The van der Waals surface area contributed by atoms with Crippen LogP contribution in [-0.4, -0.2) is 22.8 Å². The van der Waals surface area contributed by atoms with Crippen molar-refractivity contribution in [1.82, 2.24) is 0 Å². The van der Waals surface area contributed by atoms with E-state index in [0.29, 0.717) is 11.3 Å². The highest BCUT2D eigenvalue weighted by Gasteiger charge is 2.28. The van der Waals surface area contributed by atoms with Gasteiger partial charge in [0.2, 0.25) is 0 Å². The second kappa shape index (κ2) is 5.19.